The number of hydrogen-bond donors (Lipinski definition) is 0. The molecule has 6 nitrogen and oxygen atoms in total. The smallest absolute Gasteiger partial charge is 0.305 e. The van der Waals surface area contributed by atoms with Gasteiger partial charge in [0.1, 0.15) is 17.9 Å². The van der Waals surface area contributed by atoms with Crippen molar-refractivity contribution in [1.82, 2.24) is 9.97 Å². The van der Waals surface area contributed by atoms with Crippen LogP contribution in [-0.4, -0.2) is 36.2 Å². The predicted octanol–water partition coefficient (Wildman–Crippen LogP) is 4.90. The molecule has 0 radical (unpaired) electrons. The third kappa shape index (κ3) is 5.67. The van der Waals surface area contributed by atoms with Crippen LogP contribution in [0.5, 0.6) is 5.75 Å². The summed E-state index contributed by atoms with van der Waals surface area (Å²) in [5, 5.41) is 1.01. The van der Waals surface area contributed by atoms with E-state index in [-0.39, 0.29) is 5.97 Å². The van der Waals surface area contributed by atoms with E-state index in [1.807, 2.05) is 67.4 Å². The minimum atomic E-state index is -0.121. The molecular weight excluding hydrogens is 366 g/mol. The molecule has 0 amide bonds. The number of para-hydroxylation sites is 1. The van der Waals surface area contributed by atoms with Crippen LogP contribution in [0.25, 0.3) is 10.9 Å². The van der Waals surface area contributed by atoms with E-state index in [0.29, 0.717) is 19.6 Å². The number of aromatic nitrogens is 2. The molecule has 0 aliphatic carbocycles. The van der Waals surface area contributed by atoms with Crippen LogP contribution in [0.15, 0.2) is 54.9 Å². The van der Waals surface area contributed by atoms with Crippen molar-refractivity contribution in [2.24, 2.45) is 0 Å². The van der Waals surface area contributed by atoms with Gasteiger partial charge in [0.15, 0.2) is 0 Å². The Labute approximate surface area is 171 Å². The Bertz CT molecular complexity index is 923. The maximum absolute atomic E-state index is 11.3. The predicted molar refractivity (Wildman–Crippen MR) is 115 cm³/mol. The number of benzene rings is 2. The van der Waals surface area contributed by atoms with Gasteiger partial charge in [0.2, 0.25) is 0 Å². The Kier molecular flexibility index (Phi) is 7.39. The molecular formula is C23H27N3O3. The fourth-order valence-corrected chi connectivity index (χ4v) is 3.12. The van der Waals surface area contributed by atoms with E-state index in [0.717, 1.165) is 47.4 Å². The number of carbonyl (C=O) groups is 1. The first-order chi connectivity index (χ1) is 14.2. The van der Waals surface area contributed by atoms with Gasteiger partial charge in [-0.3, -0.25) is 4.79 Å². The van der Waals surface area contributed by atoms with E-state index in [4.69, 9.17) is 9.47 Å². The normalized spacial score (nSPS) is 10.7. The lowest BCUT2D eigenvalue weighted by molar-refractivity contribution is -0.143. The molecule has 3 aromatic rings. The number of ether oxygens (including phenoxy) is 2. The standard InChI is InChI=1S/C23H27N3O3/c1-3-28-22(27)11-5-4-8-16-29-19-14-12-18(13-15-19)26(2)23-20-9-6-7-10-21(20)24-17-25-23/h6-7,9-10,12-15,17H,3-5,8,11,16H2,1-2H3. The van der Waals surface area contributed by atoms with Crippen LogP contribution in [-0.2, 0) is 9.53 Å². The SMILES string of the molecule is CCOC(=O)CCCCCOc1ccc(N(C)c2ncnc3ccccc23)cc1. The van der Waals surface area contributed by atoms with Crippen LogP contribution in [0.2, 0.25) is 0 Å². The maximum Gasteiger partial charge on any atom is 0.305 e. The van der Waals surface area contributed by atoms with Crippen LogP contribution in [0, 0.1) is 0 Å². The lowest BCUT2D eigenvalue weighted by Gasteiger charge is -2.20. The van der Waals surface area contributed by atoms with E-state index >= 15 is 0 Å². The molecule has 1 aromatic heterocycles. The van der Waals surface area contributed by atoms with Crippen LogP contribution in [0.3, 0.4) is 0 Å². The topological polar surface area (TPSA) is 64.6 Å². The van der Waals surface area contributed by atoms with Crippen molar-refractivity contribution in [3.8, 4) is 5.75 Å². The highest BCUT2D eigenvalue weighted by Gasteiger charge is 2.10. The summed E-state index contributed by atoms with van der Waals surface area (Å²) < 4.78 is 10.7. The molecule has 0 aliphatic rings. The minimum absolute atomic E-state index is 0.121. The first kappa shape index (κ1) is 20.6. The summed E-state index contributed by atoms with van der Waals surface area (Å²) in [7, 11) is 1.99. The van der Waals surface area contributed by atoms with Crippen molar-refractivity contribution < 1.29 is 14.3 Å². The molecule has 152 valence electrons. The Hall–Kier alpha value is -3.15. The highest BCUT2D eigenvalue weighted by Crippen LogP contribution is 2.29. The monoisotopic (exact) mass is 393 g/mol. The number of nitrogens with zero attached hydrogens (tertiary/aromatic N) is 3. The summed E-state index contributed by atoms with van der Waals surface area (Å²) in [6.07, 6.45) is 4.76. The summed E-state index contributed by atoms with van der Waals surface area (Å²) >= 11 is 0. The molecule has 0 saturated heterocycles. The Morgan fingerprint density at radius 1 is 1.00 bits per heavy atom. The molecule has 0 aliphatic heterocycles. The first-order valence-corrected chi connectivity index (χ1v) is 10.0. The van der Waals surface area contributed by atoms with Crippen LogP contribution in [0.1, 0.15) is 32.6 Å². The van der Waals surface area contributed by atoms with Gasteiger partial charge >= 0.3 is 5.97 Å². The Morgan fingerprint density at radius 3 is 2.59 bits per heavy atom. The van der Waals surface area contributed by atoms with Gasteiger partial charge in [0.25, 0.3) is 0 Å². The van der Waals surface area contributed by atoms with Crippen LogP contribution >= 0.6 is 0 Å². The lowest BCUT2D eigenvalue weighted by Crippen LogP contribution is -2.12. The number of rotatable bonds is 10. The molecule has 29 heavy (non-hydrogen) atoms. The molecule has 0 atom stereocenters. The summed E-state index contributed by atoms with van der Waals surface area (Å²) in [5.41, 5.74) is 1.95. The molecule has 0 unspecified atom stereocenters. The number of unbranched alkanes of at least 4 members (excludes halogenated alkanes) is 2. The zero-order valence-electron chi connectivity index (χ0n) is 17.0. The highest BCUT2D eigenvalue weighted by atomic mass is 16.5. The second kappa shape index (κ2) is 10.4. The van der Waals surface area contributed by atoms with Gasteiger partial charge in [-0.25, -0.2) is 9.97 Å². The fraction of sp³-hybridized carbons (Fsp3) is 0.348. The zero-order chi connectivity index (χ0) is 20.5. The largest absolute Gasteiger partial charge is 0.494 e. The van der Waals surface area contributed by atoms with Crippen molar-refractivity contribution >= 4 is 28.4 Å². The number of fused-ring (bicyclic) bond motifs is 1. The van der Waals surface area contributed by atoms with Crippen molar-refractivity contribution in [3.05, 3.63) is 54.9 Å². The summed E-state index contributed by atoms with van der Waals surface area (Å²) in [4.78, 5) is 22.1. The quantitative estimate of drug-likeness (QED) is 0.361. The first-order valence-electron chi connectivity index (χ1n) is 10.0. The van der Waals surface area contributed by atoms with E-state index in [1.165, 1.54) is 0 Å². The molecule has 0 saturated carbocycles. The molecule has 0 spiro atoms. The van der Waals surface area contributed by atoms with Gasteiger partial charge in [0.05, 0.1) is 18.7 Å². The molecule has 0 bridgehead atoms. The number of hydrogen-bond acceptors (Lipinski definition) is 6. The summed E-state index contributed by atoms with van der Waals surface area (Å²) in [5.74, 6) is 1.58. The maximum atomic E-state index is 11.3. The van der Waals surface area contributed by atoms with Crippen molar-refractivity contribution in [2.75, 3.05) is 25.2 Å². The van der Waals surface area contributed by atoms with Crippen LogP contribution < -0.4 is 9.64 Å². The average molecular weight is 393 g/mol. The fourth-order valence-electron chi connectivity index (χ4n) is 3.12. The molecule has 0 fully saturated rings. The van der Waals surface area contributed by atoms with Crippen molar-refractivity contribution in [1.29, 1.82) is 0 Å². The molecule has 3 rings (SSSR count). The lowest BCUT2D eigenvalue weighted by atomic mass is 10.2. The summed E-state index contributed by atoms with van der Waals surface area (Å²) in [6, 6.07) is 16.0. The minimum Gasteiger partial charge on any atom is -0.494 e. The van der Waals surface area contributed by atoms with Crippen LogP contribution in [0.4, 0.5) is 11.5 Å². The molecule has 1 heterocycles. The molecule has 6 heteroatoms. The summed E-state index contributed by atoms with van der Waals surface area (Å²) in [6.45, 7) is 2.90. The zero-order valence-corrected chi connectivity index (χ0v) is 17.0. The van der Waals surface area contributed by atoms with E-state index < -0.39 is 0 Å². The van der Waals surface area contributed by atoms with Gasteiger partial charge < -0.3 is 14.4 Å². The Balaban J connectivity index is 1.50. The number of anilines is 2. The van der Waals surface area contributed by atoms with Crippen molar-refractivity contribution in [3.63, 3.8) is 0 Å². The van der Waals surface area contributed by atoms with E-state index in [9.17, 15) is 4.79 Å². The number of carbonyl (C=O) groups excluding carboxylic acids is 1. The molecule has 2 aromatic carbocycles. The van der Waals surface area contributed by atoms with Gasteiger partial charge in [-0.2, -0.15) is 0 Å². The van der Waals surface area contributed by atoms with Crippen molar-refractivity contribution in [2.45, 2.75) is 32.6 Å². The molecule has 0 N–H and O–H groups in total. The van der Waals surface area contributed by atoms with Gasteiger partial charge in [-0.05, 0) is 62.6 Å². The van der Waals surface area contributed by atoms with Gasteiger partial charge in [-0.1, -0.05) is 12.1 Å². The third-order valence-electron chi connectivity index (χ3n) is 4.66. The highest BCUT2D eigenvalue weighted by molar-refractivity contribution is 5.91. The number of esters is 1. The van der Waals surface area contributed by atoms with E-state index in [2.05, 4.69) is 9.97 Å². The second-order valence-electron chi connectivity index (χ2n) is 6.73. The van der Waals surface area contributed by atoms with Gasteiger partial charge in [0, 0.05) is 24.5 Å². The second-order valence-corrected chi connectivity index (χ2v) is 6.73. The average Bonchev–Trinajstić information content (AvgIpc) is 2.76. The van der Waals surface area contributed by atoms with Gasteiger partial charge in [-0.15, -0.1) is 0 Å². The third-order valence-corrected chi connectivity index (χ3v) is 4.66. The Morgan fingerprint density at radius 2 is 1.79 bits per heavy atom. The van der Waals surface area contributed by atoms with E-state index in [1.54, 1.807) is 6.33 Å².